The van der Waals surface area contributed by atoms with Gasteiger partial charge in [-0.3, -0.25) is 4.98 Å². The smallest absolute Gasteiger partial charge is 0.130 e. The molecule has 1 N–H and O–H groups in total. The molecule has 1 unspecified atom stereocenters. The van der Waals surface area contributed by atoms with Crippen molar-refractivity contribution in [3.63, 3.8) is 0 Å². The zero-order valence-corrected chi connectivity index (χ0v) is 11.4. The van der Waals surface area contributed by atoms with E-state index in [2.05, 4.69) is 27.9 Å². The van der Waals surface area contributed by atoms with Gasteiger partial charge in [0.25, 0.3) is 0 Å². The van der Waals surface area contributed by atoms with Crippen molar-refractivity contribution < 1.29 is 0 Å². The number of fused-ring (bicyclic) bond motifs is 1. The first-order valence-electron chi connectivity index (χ1n) is 7.41. The average molecular weight is 256 g/mol. The van der Waals surface area contributed by atoms with E-state index in [1.807, 2.05) is 12.4 Å². The summed E-state index contributed by atoms with van der Waals surface area (Å²) in [5, 5.41) is 3.72. The molecule has 3 heterocycles. The quantitative estimate of drug-likeness (QED) is 0.918. The molecule has 4 heteroatoms. The molecule has 0 spiro atoms. The Labute approximate surface area is 113 Å². The van der Waals surface area contributed by atoms with E-state index >= 15 is 0 Å². The first kappa shape index (κ1) is 11.4. The minimum absolute atomic E-state index is 0.0849. The van der Waals surface area contributed by atoms with Gasteiger partial charge in [-0.2, -0.15) is 0 Å². The van der Waals surface area contributed by atoms with Gasteiger partial charge >= 0.3 is 0 Å². The molecule has 19 heavy (non-hydrogen) atoms. The number of rotatable bonds is 3. The van der Waals surface area contributed by atoms with Gasteiger partial charge in [0.15, 0.2) is 0 Å². The Bertz CT molecular complexity index is 606. The summed E-state index contributed by atoms with van der Waals surface area (Å²) in [4.78, 5) is 9.16. The lowest BCUT2D eigenvalue weighted by molar-refractivity contribution is 0.339. The van der Waals surface area contributed by atoms with E-state index in [1.165, 1.54) is 37.0 Å². The van der Waals surface area contributed by atoms with Crippen LogP contribution in [0.5, 0.6) is 0 Å². The molecule has 1 saturated carbocycles. The van der Waals surface area contributed by atoms with Crippen LogP contribution in [0.1, 0.15) is 50.9 Å². The van der Waals surface area contributed by atoms with Gasteiger partial charge in [-0.1, -0.05) is 6.92 Å². The van der Waals surface area contributed by atoms with E-state index in [-0.39, 0.29) is 5.54 Å². The summed E-state index contributed by atoms with van der Waals surface area (Å²) < 4.78 is 2.48. The molecule has 1 aliphatic heterocycles. The fourth-order valence-corrected chi connectivity index (χ4v) is 3.45. The molecule has 0 bridgehead atoms. The summed E-state index contributed by atoms with van der Waals surface area (Å²) in [6, 6.07) is 2.77. The topological polar surface area (TPSA) is 42.7 Å². The molecule has 100 valence electrons. The molecule has 0 radical (unpaired) electrons. The summed E-state index contributed by atoms with van der Waals surface area (Å²) >= 11 is 0. The maximum Gasteiger partial charge on any atom is 0.130 e. The third-order valence-electron chi connectivity index (χ3n) is 4.68. The Kier molecular flexibility index (Phi) is 2.42. The van der Waals surface area contributed by atoms with Crippen molar-refractivity contribution in [1.82, 2.24) is 19.9 Å². The van der Waals surface area contributed by atoms with Gasteiger partial charge in [0.2, 0.25) is 0 Å². The Balaban J connectivity index is 1.95. The fourth-order valence-electron chi connectivity index (χ4n) is 3.45. The molecule has 2 aliphatic rings. The standard InChI is InChI=1S/C15H20N4/c1-2-15(7-3-8-17-15)14-18-12-10-16-9-6-13(12)19(14)11-4-5-11/h6,9-11,17H,2-5,7-8H2,1H3. The second kappa shape index (κ2) is 4.04. The molecule has 1 saturated heterocycles. The van der Waals surface area contributed by atoms with Crippen LogP contribution in [-0.4, -0.2) is 21.1 Å². The highest BCUT2D eigenvalue weighted by Crippen LogP contribution is 2.43. The number of aromatic nitrogens is 3. The van der Waals surface area contributed by atoms with Crippen LogP contribution >= 0.6 is 0 Å². The number of hydrogen-bond acceptors (Lipinski definition) is 3. The average Bonchev–Trinajstić information content (AvgIpc) is 3.05. The summed E-state index contributed by atoms with van der Waals surface area (Å²) in [5.74, 6) is 1.25. The minimum Gasteiger partial charge on any atom is -0.323 e. The highest BCUT2D eigenvalue weighted by molar-refractivity contribution is 5.75. The zero-order valence-electron chi connectivity index (χ0n) is 11.4. The van der Waals surface area contributed by atoms with Crippen LogP contribution in [0.2, 0.25) is 0 Å². The van der Waals surface area contributed by atoms with Crippen LogP contribution in [0.15, 0.2) is 18.5 Å². The van der Waals surface area contributed by atoms with E-state index in [0.29, 0.717) is 6.04 Å². The Morgan fingerprint density at radius 3 is 3.05 bits per heavy atom. The molecule has 4 nitrogen and oxygen atoms in total. The van der Waals surface area contributed by atoms with Gasteiger partial charge in [-0.15, -0.1) is 0 Å². The van der Waals surface area contributed by atoms with E-state index in [1.54, 1.807) is 0 Å². The van der Waals surface area contributed by atoms with Crippen molar-refractivity contribution in [3.05, 3.63) is 24.3 Å². The van der Waals surface area contributed by atoms with Crippen LogP contribution in [0.3, 0.4) is 0 Å². The molecule has 2 aromatic heterocycles. The van der Waals surface area contributed by atoms with Crippen LogP contribution in [-0.2, 0) is 5.54 Å². The molecule has 0 amide bonds. The normalized spacial score (nSPS) is 27.2. The molecule has 2 fully saturated rings. The van der Waals surface area contributed by atoms with Gasteiger partial charge in [0, 0.05) is 12.2 Å². The molecular weight excluding hydrogens is 236 g/mol. The van der Waals surface area contributed by atoms with Crippen LogP contribution in [0, 0.1) is 0 Å². The van der Waals surface area contributed by atoms with Gasteiger partial charge < -0.3 is 9.88 Å². The van der Waals surface area contributed by atoms with Crippen molar-refractivity contribution in [2.24, 2.45) is 0 Å². The highest BCUT2D eigenvalue weighted by atomic mass is 15.2. The summed E-state index contributed by atoms with van der Waals surface area (Å²) in [5.41, 5.74) is 2.39. The van der Waals surface area contributed by atoms with Crippen LogP contribution in [0.4, 0.5) is 0 Å². The minimum atomic E-state index is 0.0849. The van der Waals surface area contributed by atoms with Gasteiger partial charge in [0.05, 0.1) is 17.3 Å². The number of nitrogens with one attached hydrogen (secondary N) is 1. The molecular formula is C15H20N4. The van der Waals surface area contributed by atoms with E-state index < -0.39 is 0 Å². The number of nitrogens with zero attached hydrogens (tertiary/aromatic N) is 3. The third kappa shape index (κ3) is 1.62. The molecule has 2 aromatic rings. The summed E-state index contributed by atoms with van der Waals surface area (Å²) in [6.45, 7) is 3.38. The van der Waals surface area contributed by atoms with E-state index in [0.717, 1.165) is 18.5 Å². The highest BCUT2D eigenvalue weighted by Gasteiger charge is 2.41. The molecule has 0 aromatic carbocycles. The lowest BCUT2D eigenvalue weighted by Gasteiger charge is -2.28. The van der Waals surface area contributed by atoms with Crippen molar-refractivity contribution in [2.75, 3.05) is 6.54 Å². The maximum atomic E-state index is 4.94. The number of imidazole rings is 1. The number of hydrogen-bond donors (Lipinski definition) is 1. The zero-order chi connectivity index (χ0) is 12.9. The van der Waals surface area contributed by atoms with E-state index in [4.69, 9.17) is 4.98 Å². The second-order valence-corrected chi connectivity index (χ2v) is 5.87. The van der Waals surface area contributed by atoms with Crippen molar-refractivity contribution in [2.45, 2.75) is 50.6 Å². The third-order valence-corrected chi connectivity index (χ3v) is 4.68. The van der Waals surface area contributed by atoms with Crippen molar-refractivity contribution in [1.29, 1.82) is 0 Å². The summed E-state index contributed by atoms with van der Waals surface area (Å²) in [7, 11) is 0. The monoisotopic (exact) mass is 256 g/mol. The summed E-state index contributed by atoms with van der Waals surface area (Å²) in [6.07, 6.45) is 9.92. The lowest BCUT2D eigenvalue weighted by atomic mass is 9.93. The van der Waals surface area contributed by atoms with Crippen molar-refractivity contribution >= 4 is 11.0 Å². The maximum absolute atomic E-state index is 4.94. The van der Waals surface area contributed by atoms with Gasteiger partial charge in [-0.05, 0) is 44.7 Å². The van der Waals surface area contributed by atoms with E-state index in [9.17, 15) is 0 Å². The first-order valence-corrected chi connectivity index (χ1v) is 7.41. The van der Waals surface area contributed by atoms with Crippen molar-refractivity contribution in [3.8, 4) is 0 Å². The first-order chi connectivity index (χ1) is 9.34. The predicted molar refractivity (Wildman–Crippen MR) is 75.0 cm³/mol. The number of pyridine rings is 1. The molecule has 1 aliphatic carbocycles. The molecule has 1 atom stereocenters. The fraction of sp³-hybridized carbons (Fsp3) is 0.600. The lowest BCUT2D eigenvalue weighted by Crippen LogP contribution is -2.38. The van der Waals surface area contributed by atoms with Crippen LogP contribution in [0.25, 0.3) is 11.0 Å². The Hall–Kier alpha value is -1.42. The van der Waals surface area contributed by atoms with Crippen LogP contribution < -0.4 is 5.32 Å². The Morgan fingerprint density at radius 2 is 2.37 bits per heavy atom. The molecule has 4 rings (SSSR count). The Morgan fingerprint density at radius 1 is 1.47 bits per heavy atom. The largest absolute Gasteiger partial charge is 0.323 e. The second-order valence-electron chi connectivity index (χ2n) is 5.87. The predicted octanol–water partition coefficient (Wildman–Crippen LogP) is 2.75. The SMILES string of the molecule is CCC1(c2nc3cnccc3n2C2CC2)CCCN1. The van der Waals surface area contributed by atoms with Gasteiger partial charge in [0.1, 0.15) is 11.3 Å². The van der Waals surface area contributed by atoms with Gasteiger partial charge in [-0.25, -0.2) is 4.98 Å².